The molecule has 1 rings (SSSR count). The quantitative estimate of drug-likeness (QED) is 0.808. The molecule has 0 aliphatic carbocycles. The van der Waals surface area contributed by atoms with Gasteiger partial charge in [0.2, 0.25) is 0 Å². The van der Waals surface area contributed by atoms with E-state index in [0.717, 1.165) is 31.2 Å². The molecule has 88 valence electrons. The van der Waals surface area contributed by atoms with Crippen LogP contribution in [-0.2, 0) is 11.3 Å². The zero-order valence-corrected chi connectivity index (χ0v) is 10.2. The fourth-order valence-corrected chi connectivity index (χ4v) is 1.69. The molecule has 0 spiro atoms. The third-order valence-corrected chi connectivity index (χ3v) is 2.62. The predicted octanol–water partition coefficient (Wildman–Crippen LogP) is 2.74. The van der Waals surface area contributed by atoms with E-state index in [0.29, 0.717) is 10.7 Å². The molecule has 0 aliphatic rings. The molecule has 0 aromatic carbocycles. The maximum atomic E-state index is 10.4. The summed E-state index contributed by atoms with van der Waals surface area (Å²) < 4.78 is 1.71. The van der Waals surface area contributed by atoms with E-state index >= 15 is 0 Å². The molecule has 0 unspecified atom stereocenters. The number of aromatic nitrogens is 2. The molecule has 0 saturated heterocycles. The van der Waals surface area contributed by atoms with Crippen molar-refractivity contribution in [3.63, 3.8) is 0 Å². The molecule has 16 heavy (non-hydrogen) atoms. The summed E-state index contributed by atoms with van der Waals surface area (Å²) in [6, 6.07) is 0. The van der Waals surface area contributed by atoms with Gasteiger partial charge in [0.05, 0.1) is 5.69 Å². The fraction of sp³-hybridized carbons (Fsp3) is 0.455. The lowest BCUT2D eigenvalue weighted by Crippen LogP contribution is -1.99. The standard InChI is InChI=1S/C11H15ClN2O2/c1-3-4-7-14-11(12)9(8(2)13-14)5-6-10(15)16/h5-6H,3-4,7H2,1-2H3,(H,15,16)/b6-5+. The van der Waals surface area contributed by atoms with Crippen molar-refractivity contribution in [1.82, 2.24) is 9.78 Å². The van der Waals surface area contributed by atoms with E-state index in [2.05, 4.69) is 12.0 Å². The second kappa shape index (κ2) is 5.70. The normalized spacial score (nSPS) is 11.2. The summed E-state index contributed by atoms with van der Waals surface area (Å²) in [7, 11) is 0. The Kier molecular flexibility index (Phi) is 4.55. The number of aryl methyl sites for hydroxylation is 2. The molecule has 1 aromatic rings. The largest absolute Gasteiger partial charge is 0.478 e. The van der Waals surface area contributed by atoms with Crippen LogP contribution >= 0.6 is 11.6 Å². The Balaban J connectivity index is 2.93. The summed E-state index contributed by atoms with van der Waals surface area (Å²) >= 11 is 6.11. The van der Waals surface area contributed by atoms with Crippen LogP contribution in [0.3, 0.4) is 0 Å². The highest BCUT2D eigenvalue weighted by molar-refractivity contribution is 6.31. The van der Waals surface area contributed by atoms with Gasteiger partial charge in [0, 0.05) is 18.2 Å². The van der Waals surface area contributed by atoms with Gasteiger partial charge < -0.3 is 5.11 Å². The van der Waals surface area contributed by atoms with Crippen molar-refractivity contribution < 1.29 is 9.90 Å². The van der Waals surface area contributed by atoms with Crippen LogP contribution in [0.1, 0.15) is 31.0 Å². The van der Waals surface area contributed by atoms with Crippen LogP contribution < -0.4 is 0 Å². The van der Waals surface area contributed by atoms with Crippen LogP contribution in [0.4, 0.5) is 0 Å². The van der Waals surface area contributed by atoms with E-state index in [-0.39, 0.29) is 0 Å². The minimum atomic E-state index is -0.989. The van der Waals surface area contributed by atoms with Crippen molar-refractivity contribution in [3.05, 3.63) is 22.5 Å². The summed E-state index contributed by atoms with van der Waals surface area (Å²) in [4.78, 5) is 10.4. The highest BCUT2D eigenvalue weighted by atomic mass is 35.5. The van der Waals surface area contributed by atoms with Gasteiger partial charge in [-0.05, 0) is 19.4 Å². The van der Waals surface area contributed by atoms with Gasteiger partial charge in [0.1, 0.15) is 5.15 Å². The van der Waals surface area contributed by atoms with Gasteiger partial charge in [-0.15, -0.1) is 0 Å². The Morgan fingerprint density at radius 2 is 2.31 bits per heavy atom. The van der Waals surface area contributed by atoms with Crippen molar-refractivity contribution in [1.29, 1.82) is 0 Å². The molecular formula is C11H15ClN2O2. The summed E-state index contributed by atoms with van der Waals surface area (Å²) in [5.74, 6) is -0.989. The Morgan fingerprint density at radius 1 is 1.62 bits per heavy atom. The Bertz CT molecular complexity index is 410. The van der Waals surface area contributed by atoms with Crippen molar-refractivity contribution in [3.8, 4) is 0 Å². The number of carboxylic acid groups (broad SMARTS) is 1. The van der Waals surface area contributed by atoms with Crippen molar-refractivity contribution in [2.45, 2.75) is 33.2 Å². The van der Waals surface area contributed by atoms with Gasteiger partial charge >= 0.3 is 5.97 Å². The third kappa shape index (κ3) is 3.10. The maximum absolute atomic E-state index is 10.4. The molecule has 0 fully saturated rings. The first-order valence-corrected chi connectivity index (χ1v) is 5.58. The van der Waals surface area contributed by atoms with E-state index < -0.39 is 5.97 Å². The van der Waals surface area contributed by atoms with Crippen molar-refractivity contribution in [2.75, 3.05) is 0 Å². The SMILES string of the molecule is CCCCn1nc(C)c(/C=C/C(=O)O)c1Cl. The second-order valence-corrected chi connectivity index (χ2v) is 3.90. The van der Waals surface area contributed by atoms with Gasteiger partial charge in [-0.3, -0.25) is 4.68 Å². The summed E-state index contributed by atoms with van der Waals surface area (Å²) in [6.07, 6.45) is 4.62. The number of carbonyl (C=O) groups is 1. The zero-order valence-electron chi connectivity index (χ0n) is 9.40. The monoisotopic (exact) mass is 242 g/mol. The summed E-state index contributed by atoms with van der Waals surface area (Å²) in [5, 5.41) is 13.3. The molecule has 0 aliphatic heterocycles. The number of aliphatic carboxylic acids is 1. The topological polar surface area (TPSA) is 55.1 Å². The Morgan fingerprint density at radius 3 is 2.88 bits per heavy atom. The molecule has 5 heteroatoms. The number of halogens is 1. The summed E-state index contributed by atoms with van der Waals surface area (Å²) in [5.41, 5.74) is 1.43. The third-order valence-electron chi connectivity index (χ3n) is 2.23. The lowest BCUT2D eigenvalue weighted by molar-refractivity contribution is -0.131. The number of carboxylic acids is 1. The average Bonchev–Trinajstić information content (AvgIpc) is 2.48. The molecule has 0 atom stereocenters. The number of nitrogens with zero attached hydrogens (tertiary/aromatic N) is 2. The fourth-order valence-electron chi connectivity index (χ4n) is 1.37. The van der Waals surface area contributed by atoms with Crippen LogP contribution in [0.15, 0.2) is 6.08 Å². The van der Waals surface area contributed by atoms with Crippen molar-refractivity contribution >= 4 is 23.6 Å². The molecule has 0 radical (unpaired) electrons. The maximum Gasteiger partial charge on any atom is 0.328 e. The number of hydrogen-bond donors (Lipinski definition) is 1. The van der Waals surface area contributed by atoms with E-state index in [9.17, 15) is 4.79 Å². The molecule has 0 bridgehead atoms. The molecule has 1 N–H and O–H groups in total. The highest BCUT2D eigenvalue weighted by Crippen LogP contribution is 2.21. The van der Waals surface area contributed by atoms with Gasteiger partial charge in [0.25, 0.3) is 0 Å². The molecule has 0 saturated carbocycles. The van der Waals surface area contributed by atoms with E-state index in [1.54, 1.807) is 4.68 Å². The van der Waals surface area contributed by atoms with E-state index in [1.807, 2.05) is 6.92 Å². The van der Waals surface area contributed by atoms with E-state index in [4.69, 9.17) is 16.7 Å². The van der Waals surface area contributed by atoms with Crippen LogP contribution in [0.5, 0.6) is 0 Å². The molecular weight excluding hydrogens is 228 g/mol. The first-order chi connectivity index (χ1) is 7.56. The summed E-state index contributed by atoms with van der Waals surface area (Å²) in [6.45, 7) is 4.67. The minimum absolute atomic E-state index is 0.503. The minimum Gasteiger partial charge on any atom is -0.478 e. The van der Waals surface area contributed by atoms with Crippen LogP contribution in [-0.4, -0.2) is 20.9 Å². The molecule has 0 amide bonds. The lowest BCUT2D eigenvalue weighted by Gasteiger charge is -2.00. The first kappa shape index (κ1) is 12.8. The molecule has 1 aromatic heterocycles. The first-order valence-electron chi connectivity index (χ1n) is 5.20. The molecule has 1 heterocycles. The van der Waals surface area contributed by atoms with Crippen LogP contribution in [0.2, 0.25) is 5.15 Å². The predicted molar refractivity (Wildman–Crippen MR) is 63.6 cm³/mol. The smallest absolute Gasteiger partial charge is 0.328 e. The van der Waals surface area contributed by atoms with Gasteiger partial charge in [0.15, 0.2) is 0 Å². The Labute approximate surface area is 99.5 Å². The average molecular weight is 243 g/mol. The van der Waals surface area contributed by atoms with Crippen LogP contribution in [0.25, 0.3) is 6.08 Å². The van der Waals surface area contributed by atoms with Gasteiger partial charge in [-0.2, -0.15) is 5.10 Å². The number of unbranched alkanes of at least 4 members (excludes halogenated alkanes) is 1. The van der Waals surface area contributed by atoms with Crippen molar-refractivity contribution in [2.24, 2.45) is 0 Å². The van der Waals surface area contributed by atoms with E-state index in [1.165, 1.54) is 6.08 Å². The molecule has 4 nitrogen and oxygen atoms in total. The Hall–Kier alpha value is -1.29. The number of hydrogen-bond acceptors (Lipinski definition) is 2. The van der Waals surface area contributed by atoms with Gasteiger partial charge in [-0.25, -0.2) is 4.79 Å². The zero-order chi connectivity index (χ0) is 12.1. The second-order valence-electron chi connectivity index (χ2n) is 3.54. The highest BCUT2D eigenvalue weighted by Gasteiger charge is 2.10. The van der Waals surface area contributed by atoms with Gasteiger partial charge in [-0.1, -0.05) is 24.9 Å². The van der Waals surface area contributed by atoms with Crippen LogP contribution in [0, 0.1) is 6.92 Å². The number of rotatable bonds is 5. The lowest BCUT2D eigenvalue weighted by atomic mass is 10.2.